The fourth-order valence-electron chi connectivity index (χ4n) is 2.13. The summed E-state index contributed by atoms with van der Waals surface area (Å²) in [6, 6.07) is 6.53. The number of alkyl carbamates (subject to hydrolysis) is 1. The largest absolute Gasteiger partial charge is 0.493 e. The third kappa shape index (κ3) is 10.2. The van der Waals surface area contributed by atoms with Crippen molar-refractivity contribution in [2.24, 2.45) is 0 Å². The predicted molar refractivity (Wildman–Crippen MR) is 108 cm³/mol. The summed E-state index contributed by atoms with van der Waals surface area (Å²) in [4.78, 5) is 24.7. The quantitative estimate of drug-likeness (QED) is 0.503. The number of esters is 1. The van der Waals surface area contributed by atoms with E-state index in [1.54, 1.807) is 41.5 Å². The van der Waals surface area contributed by atoms with Gasteiger partial charge in [-0.3, -0.25) is 0 Å². The van der Waals surface area contributed by atoms with Gasteiger partial charge in [0.2, 0.25) is 0 Å². The zero-order chi connectivity index (χ0) is 20.7. The van der Waals surface area contributed by atoms with Crippen LogP contribution in [0.4, 0.5) is 4.79 Å². The standard InChI is InChI=1S/C20H30BrNO5/c1-19(2,3)26-17(23)16(22-18(24)27-20(4,5)6)13-14-7-9-15(10-8-14)25-12-11-21/h7-10,16H,11-13H2,1-6H3,(H,22,24)/t16-/m0/s1. The highest BCUT2D eigenvalue weighted by atomic mass is 79.9. The first-order chi connectivity index (χ1) is 12.4. The maximum absolute atomic E-state index is 12.6. The minimum atomic E-state index is -0.853. The normalized spacial score (nSPS) is 12.9. The van der Waals surface area contributed by atoms with Crippen LogP contribution in [0.5, 0.6) is 5.75 Å². The maximum atomic E-state index is 12.6. The maximum Gasteiger partial charge on any atom is 0.408 e. The van der Waals surface area contributed by atoms with Crippen LogP contribution in [-0.4, -0.2) is 41.2 Å². The molecule has 152 valence electrons. The third-order valence-corrected chi connectivity index (χ3v) is 3.42. The zero-order valence-corrected chi connectivity index (χ0v) is 18.5. The van der Waals surface area contributed by atoms with Gasteiger partial charge in [0.25, 0.3) is 0 Å². The highest BCUT2D eigenvalue weighted by Crippen LogP contribution is 2.16. The summed E-state index contributed by atoms with van der Waals surface area (Å²) < 4.78 is 16.2. The molecule has 0 heterocycles. The van der Waals surface area contributed by atoms with Gasteiger partial charge in [-0.25, -0.2) is 9.59 Å². The number of ether oxygens (including phenoxy) is 3. The SMILES string of the molecule is CC(C)(C)OC(=O)N[C@@H](Cc1ccc(OCCBr)cc1)C(=O)OC(C)(C)C. The highest BCUT2D eigenvalue weighted by Gasteiger charge is 2.28. The van der Waals surface area contributed by atoms with Crippen molar-refractivity contribution in [3.63, 3.8) is 0 Å². The molecule has 0 saturated heterocycles. The number of halogens is 1. The molecule has 1 aromatic carbocycles. The van der Waals surface area contributed by atoms with Gasteiger partial charge in [-0.15, -0.1) is 0 Å². The van der Waals surface area contributed by atoms with Crippen LogP contribution in [-0.2, 0) is 20.7 Å². The summed E-state index contributed by atoms with van der Waals surface area (Å²) in [5.41, 5.74) is -0.442. The molecule has 6 nitrogen and oxygen atoms in total. The molecule has 0 unspecified atom stereocenters. The van der Waals surface area contributed by atoms with Crippen molar-refractivity contribution in [1.29, 1.82) is 0 Å². The molecular formula is C20H30BrNO5. The Morgan fingerprint density at radius 3 is 2.04 bits per heavy atom. The molecule has 0 aliphatic carbocycles. The number of amides is 1. The van der Waals surface area contributed by atoms with E-state index in [-0.39, 0.29) is 6.42 Å². The lowest BCUT2D eigenvalue weighted by atomic mass is 10.1. The van der Waals surface area contributed by atoms with Crippen LogP contribution >= 0.6 is 15.9 Å². The molecule has 0 fully saturated rings. The average Bonchev–Trinajstić information content (AvgIpc) is 2.50. The molecule has 7 heteroatoms. The number of nitrogens with one attached hydrogen (secondary N) is 1. The molecule has 1 atom stereocenters. The van der Waals surface area contributed by atoms with E-state index in [1.165, 1.54) is 0 Å². The minimum Gasteiger partial charge on any atom is -0.493 e. The average molecular weight is 444 g/mol. The smallest absolute Gasteiger partial charge is 0.408 e. The van der Waals surface area contributed by atoms with Crippen molar-refractivity contribution in [2.75, 3.05) is 11.9 Å². The Bertz CT molecular complexity index is 617. The van der Waals surface area contributed by atoms with E-state index in [0.29, 0.717) is 6.61 Å². The summed E-state index contributed by atoms with van der Waals surface area (Å²) >= 11 is 3.31. The van der Waals surface area contributed by atoms with Gasteiger partial charge in [-0.05, 0) is 59.2 Å². The van der Waals surface area contributed by atoms with E-state index >= 15 is 0 Å². The summed E-state index contributed by atoms with van der Waals surface area (Å²) in [5, 5.41) is 3.37. The van der Waals surface area contributed by atoms with Gasteiger partial charge in [-0.2, -0.15) is 0 Å². The second-order valence-electron chi connectivity index (χ2n) is 8.12. The number of benzene rings is 1. The molecule has 0 aliphatic heterocycles. The number of hydrogen-bond donors (Lipinski definition) is 1. The summed E-state index contributed by atoms with van der Waals surface area (Å²) in [6.07, 6.45) is -0.372. The van der Waals surface area contributed by atoms with E-state index in [0.717, 1.165) is 16.6 Å². The second kappa shape index (κ2) is 9.97. The van der Waals surface area contributed by atoms with Crippen molar-refractivity contribution in [1.82, 2.24) is 5.32 Å². The van der Waals surface area contributed by atoms with Gasteiger partial charge in [-0.1, -0.05) is 28.1 Å². The lowest BCUT2D eigenvalue weighted by Gasteiger charge is -2.26. The van der Waals surface area contributed by atoms with Gasteiger partial charge >= 0.3 is 12.1 Å². The monoisotopic (exact) mass is 443 g/mol. The first-order valence-electron chi connectivity index (χ1n) is 8.90. The molecule has 1 rings (SSSR count). The summed E-state index contributed by atoms with van der Waals surface area (Å²) in [7, 11) is 0. The van der Waals surface area contributed by atoms with Crippen molar-refractivity contribution in [3.8, 4) is 5.75 Å². The first-order valence-corrected chi connectivity index (χ1v) is 10.0. The van der Waals surface area contributed by atoms with Gasteiger partial charge in [0, 0.05) is 11.8 Å². The number of rotatable bonds is 7. The molecule has 1 aromatic rings. The second-order valence-corrected chi connectivity index (χ2v) is 8.91. The van der Waals surface area contributed by atoms with Crippen LogP contribution < -0.4 is 10.1 Å². The molecule has 0 aliphatic rings. The van der Waals surface area contributed by atoms with Crippen molar-refractivity contribution in [2.45, 2.75) is 65.2 Å². The van der Waals surface area contributed by atoms with Crippen LogP contribution in [0, 0.1) is 0 Å². The minimum absolute atomic E-state index is 0.285. The van der Waals surface area contributed by atoms with E-state index < -0.39 is 29.3 Å². The number of hydrogen-bond acceptors (Lipinski definition) is 5. The Kier molecular flexibility index (Phi) is 8.59. The molecular weight excluding hydrogens is 414 g/mol. The van der Waals surface area contributed by atoms with Crippen molar-refractivity contribution < 1.29 is 23.8 Å². The lowest BCUT2D eigenvalue weighted by Crippen LogP contribution is -2.47. The van der Waals surface area contributed by atoms with E-state index in [1.807, 2.05) is 24.3 Å². The molecule has 0 radical (unpaired) electrons. The Hall–Kier alpha value is -1.76. The van der Waals surface area contributed by atoms with Crippen molar-refractivity contribution >= 4 is 28.0 Å². The summed E-state index contributed by atoms with van der Waals surface area (Å²) in [5.74, 6) is 0.236. The molecule has 0 spiro atoms. The highest BCUT2D eigenvalue weighted by molar-refractivity contribution is 9.09. The fourth-order valence-corrected chi connectivity index (χ4v) is 2.29. The Morgan fingerprint density at radius 2 is 1.56 bits per heavy atom. The zero-order valence-electron chi connectivity index (χ0n) is 16.9. The van der Waals surface area contributed by atoms with Gasteiger partial charge in [0.05, 0.1) is 6.61 Å². The van der Waals surface area contributed by atoms with Crippen molar-refractivity contribution in [3.05, 3.63) is 29.8 Å². The van der Waals surface area contributed by atoms with Crippen LogP contribution in [0.15, 0.2) is 24.3 Å². The van der Waals surface area contributed by atoms with Gasteiger partial charge in [0.15, 0.2) is 0 Å². The van der Waals surface area contributed by atoms with Gasteiger partial charge < -0.3 is 19.5 Å². The number of alkyl halides is 1. The summed E-state index contributed by atoms with van der Waals surface area (Å²) in [6.45, 7) is 11.2. The molecule has 0 bridgehead atoms. The first kappa shape index (κ1) is 23.3. The van der Waals surface area contributed by atoms with Crippen LogP contribution in [0.1, 0.15) is 47.1 Å². The van der Waals surface area contributed by atoms with Crippen LogP contribution in [0.2, 0.25) is 0 Å². The molecule has 1 N–H and O–H groups in total. The topological polar surface area (TPSA) is 73.9 Å². The van der Waals surface area contributed by atoms with E-state index in [4.69, 9.17) is 14.2 Å². The van der Waals surface area contributed by atoms with Crippen LogP contribution in [0.25, 0.3) is 0 Å². The molecule has 27 heavy (non-hydrogen) atoms. The number of carbonyl (C=O) groups excluding carboxylic acids is 2. The van der Waals surface area contributed by atoms with Crippen LogP contribution in [0.3, 0.4) is 0 Å². The number of carbonyl (C=O) groups is 2. The lowest BCUT2D eigenvalue weighted by molar-refractivity contribution is -0.157. The Morgan fingerprint density at radius 1 is 1.00 bits per heavy atom. The van der Waals surface area contributed by atoms with Gasteiger partial charge in [0.1, 0.15) is 23.0 Å². The molecule has 1 amide bonds. The predicted octanol–water partition coefficient (Wildman–Crippen LogP) is 4.24. The molecule has 0 aromatic heterocycles. The Balaban J connectivity index is 2.86. The third-order valence-electron chi connectivity index (χ3n) is 3.09. The molecule has 0 saturated carbocycles. The fraction of sp³-hybridized carbons (Fsp3) is 0.600. The van der Waals surface area contributed by atoms with E-state index in [2.05, 4.69) is 21.2 Å². The Labute approximate surface area is 170 Å². The van der Waals surface area contributed by atoms with E-state index in [9.17, 15) is 9.59 Å².